The van der Waals surface area contributed by atoms with Crippen LogP contribution in [0.1, 0.15) is 0 Å². The Morgan fingerprint density at radius 1 is 0.581 bits per heavy atom. The van der Waals surface area contributed by atoms with Gasteiger partial charge in [0.15, 0.2) is 5.65 Å². The van der Waals surface area contributed by atoms with Crippen LogP contribution in [0.5, 0.6) is 0 Å². The van der Waals surface area contributed by atoms with Crippen molar-refractivity contribution in [3.05, 3.63) is 79.3 Å². The molecule has 144 valence electrons. The molecular weight excluding hydrogens is 418 g/mol. The van der Waals surface area contributed by atoms with Crippen molar-refractivity contribution in [3.63, 3.8) is 0 Å². The van der Waals surface area contributed by atoms with E-state index in [1.807, 2.05) is 47.3 Å². The normalized spacial score (nSPS) is 12.5. The van der Waals surface area contributed by atoms with E-state index in [-0.39, 0.29) is 0 Å². The van der Waals surface area contributed by atoms with E-state index in [0.29, 0.717) is 0 Å². The van der Waals surface area contributed by atoms with Gasteiger partial charge in [0.25, 0.3) is 0 Å². The third-order valence-electron chi connectivity index (χ3n) is 6.31. The lowest BCUT2D eigenvalue weighted by Gasteiger charge is -2.09. The molecular formula is C26H13N3S2. The molecule has 0 spiro atoms. The number of fused-ring (bicyclic) bond motifs is 14. The van der Waals surface area contributed by atoms with Crippen molar-refractivity contribution in [1.29, 1.82) is 0 Å². The molecule has 0 radical (unpaired) electrons. The first kappa shape index (κ1) is 16.2. The minimum Gasteiger partial charge on any atom is -0.298 e. The van der Waals surface area contributed by atoms with E-state index in [9.17, 15) is 0 Å². The Morgan fingerprint density at radius 3 is 2.26 bits per heavy atom. The van der Waals surface area contributed by atoms with Gasteiger partial charge in [0, 0.05) is 69.7 Å². The molecule has 5 aromatic heterocycles. The predicted octanol–water partition coefficient (Wildman–Crippen LogP) is 7.77. The Labute approximate surface area is 183 Å². The van der Waals surface area contributed by atoms with Gasteiger partial charge in [-0.2, -0.15) is 0 Å². The highest BCUT2D eigenvalue weighted by atomic mass is 32.1. The van der Waals surface area contributed by atoms with E-state index in [1.165, 1.54) is 51.2 Å². The molecule has 8 aromatic rings. The van der Waals surface area contributed by atoms with E-state index in [1.54, 1.807) is 0 Å². The molecule has 0 bridgehead atoms. The number of aromatic nitrogens is 3. The summed E-state index contributed by atoms with van der Waals surface area (Å²) in [4.78, 5) is 9.34. The van der Waals surface area contributed by atoms with Crippen LogP contribution in [0.4, 0.5) is 0 Å². The first-order valence-electron chi connectivity index (χ1n) is 10.2. The molecule has 0 unspecified atom stereocenters. The highest BCUT2D eigenvalue weighted by molar-refractivity contribution is 7.28. The van der Waals surface area contributed by atoms with Crippen LogP contribution >= 0.6 is 22.7 Å². The largest absolute Gasteiger partial charge is 0.298 e. The number of hydrogen-bond donors (Lipinski definition) is 0. The minimum atomic E-state index is 0.910. The average molecular weight is 432 g/mol. The molecule has 0 saturated carbocycles. The van der Waals surface area contributed by atoms with Crippen LogP contribution in [-0.4, -0.2) is 14.4 Å². The molecule has 0 amide bonds. The first-order valence-corrected chi connectivity index (χ1v) is 11.8. The van der Waals surface area contributed by atoms with Crippen LogP contribution in [0.2, 0.25) is 0 Å². The van der Waals surface area contributed by atoms with Crippen molar-refractivity contribution in [3.8, 4) is 0 Å². The molecule has 31 heavy (non-hydrogen) atoms. The third-order valence-corrected chi connectivity index (χ3v) is 8.57. The summed E-state index contributed by atoms with van der Waals surface area (Å²) in [6.07, 6.45) is 5.77. The summed E-state index contributed by atoms with van der Waals surface area (Å²) in [7, 11) is 0. The molecule has 0 fully saturated rings. The van der Waals surface area contributed by atoms with Gasteiger partial charge < -0.3 is 0 Å². The van der Waals surface area contributed by atoms with Crippen molar-refractivity contribution < 1.29 is 0 Å². The molecule has 0 saturated heterocycles. The molecule has 3 nitrogen and oxygen atoms in total. The lowest BCUT2D eigenvalue weighted by molar-refractivity contribution is 1.26. The maximum absolute atomic E-state index is 4.73. The van der Waals surface area contributed by atoms with E-state index in [2.05, 4.69) is 64.0 Å². The van der Waals surface area contributed by atoms with Gasteiger partial charge in [-0.05, 0) is 36.4 Å². The topological polar surface area (TPSA) is 30.2 Å². The number of nitrogens with zero attached hydrogens (tertiary/aromatic N) is 3. The van der Waals surface area contributed by atoms with Crippen LogP contribution in [0.15, 0.2) is 79.3 Å². The summed E-state index contributed by atoms with van der Waals surface area (Å²) in [5.41, 5.74) is 3.04. The monoisotopic (exact) mass is 431 g/mol. The van der Waals surface area contributed by atoms with Gasteiger partial charge in [0.2, 0.25) is 0 Å². The molecule has 5 heteroatoms. The van der Waals surface area contributed by atoms with Gasteiger partial charge >= 0.3 is 0 Å². The molecule has 8 rings (SSSR count). The van der Waals surface area contributed by atoms with E-state index >= 15 is 0 Å². The summed E-state index contributed by atoms with van der Waals surface area (Å²) in [6.45, 7) is 0. The fourth-order valence-corrected chi connectivity index (χ4v) is 7.32. The summed E-state index contributed by atoms with van der Waals surface area (Å²) >= 11 is 3.76. The second-order valence-corrected chi connectivity index (χ2v) is 10.0. The number of thiophene rings is 2. The molecule has 5 heterocycles. The zero-order chi connectivity index (χ0) is 20.1. The Morgan fingerprint density at radius 2 is 1.32 bits per heavy atom. The van der Waals surface area contributed by atoms with Gasteiger partial charge in [-0.3, -0.25) is 9.38 Å². The Balaban J connectivity index is 1.78. The van der Waals surface area contributed by atoms with E-state index < -0.39 is 0 Å². The number of rotatable bonds is 0. The fraction of sp³-hybridized carbons (Fsp3) is 0. The van der Waals surface area contributed by atoms with Gasteiger partial charge in [0.05, 0.1) is 5.52 Å². The van der Waals surface area contributed by atoms with Crippen LogP contribution in [0.25, 0.3) is 67.8 Å². The zero-order valence-corrected chi connectivity index (χ0v) is 17.8. The average Bonchev–Trinajstić information content (AvgIpc) is 3.53. The highest BCUT2D eigenvalue weighted by Crippen LogP contribution is 2.47. The standard InChI is InChI=1S/C26H13N3S2/c1-2-6-17-14(4-1)22-18(30-17)9-10-20-24(22)23-19(31-20)8-7-16-21(23)15-5-3-11-27-25(15)26-28-12-13-29(16)26/h1-13H. The summed E-state index contributed by atoms with van der Waals surface area (Å²) in [6, 6.07) is 22.1. The molecule has 0 N–H and O–H groups in total. The maximum atomic E-state index is 4.73. The first-order chi connectivity index (χ1) is 15.4. The Bertz CT molecular complexity index is 2010. The smallest absolute Gasteiger partial charge is 0.163 e. The summed E-state index contributed by atoms with van der Waals surface area (Å²) < 4.78 is 7.51. The van der Waals surface area contributed by atoms with E-state index in [0.717, 1.165) is 16.6 Å². The van der Waals surface area contributed by atoms with Crippen molar-refractivity contribution in [2.24, 2.45) is 0 Å². The maximum Gasteiger partial charge on any atom is 0.163 e. The van der Waals surface area contributed by atoms with Crippen molar-refractivity contribution in [2.75, 3.05) is 0 Å². The molecule has 0 atom stereocenters. The molecule has 0 aliphatic heterocycles. The van der Waals surface area contributed by atoms with E-state index in [4.69, 9.17) is 4.98 Å². The van der Waals surface area contributed by atoms with Crippen molar-refractivity contribution in [2.45, 2.75) is 0 Å². The molecule has 0 aliphatic carbocycles. The van der Waals surface area contributed by atoms with Crippen molar-refractivity contribution in [1.82, 2.24) is 14.4 Å². The number of hydrogen-bond acceptors (Lipinski definition) is 4. The minimum absolute atomic E-state index is 0.910. The lowest BCUT2D eigenvalue weighted by atomic mass is 10.00. The number of pyridine rings is 2. The predicted molar refractivity (Wildman–Crippen MR) is 134 cm³/mol. The summed E-state index contributed by atoms with van der Waals surface area (Å²) in [5.74, 6) is 0. The summed E-state index contributed by atoms with van der Waals surface area (Å²) in [5, 5.41) is 7.85. The van der Waals surface area contributed by atoms with Gasteiger partial charge in [0.1, 0.15) is 5.52 Å². The van der Waals surface area contributed by atoms with Gasteiger partial charge in [-0.15, -0.1) is 22.7 Å². The Hall–Kier alpha value is -3.54. The van der Waals surface area contributed by atoms with Crippen LogP contribution in [-0.2, 0) is 0 Å². The molecule has 3 aromatic carbocycles. The highest BCUT2D eigenvalue weighted by Gasteiger charge is 2.19. The third kappa shape index (κ3) is 1.93. The lowest BCUT2D eigenvalue weighted by Crippen LogP contribution is -1.92. The second-order valence-electron chi connectivity index (χ2n) is 7.87. The second kappa shape index (κ2) is 5.58. The van der Waals surface area contributed by atoms with Gasteiger partial charge in [-0.1, -0.05) is 24.3 Å². The van der Waals surface area contributed by atoms with Crippen LogP contribution < -0.4 is 0 Å². The fourth-order valence-electron chi connectivity index (χ4n) is 5.09. The zero-order valence-electron chi connectivity index (χ0n) is 16.2. The van der Waals surface area contributed by atoms with Crippen molar-refractivity contribution >= 4 is 90.5 Å². The quantitative estimate of drug-likeness (QED) is 0.230. The van der Waals surface area contributed by atoms with Crippen LogP contribution in [0, 0.1) is 0 Å². The van der Waals surface area contributed by atoms with Gasteiger partial charge in [-0.25, -0.2) is 4.98 Å². The van der Waals surface area contributed by atoms with Crippen LogP contribution in [0.3, 0.4) is 0 Å². The number of benzene rings is 3. The number of imidazole rings is 1. The Kier molecular flexibility index (Phi) is 2.91. The molecule has 0 aliphatic rings. The SMILES string of the molecule is c1ccc2c(c1)sc1ccc3sc4ccc5c(c6cccnc6c6nccn56)c4c3c12.